The molecule has 3 fully saturated rings. The number of nitrogens with one attached hydrogen (secondary N) is 1. The van der Waals surface area contributed by atoms with Crippen LogP contribution < -0.4 is 15.9 Å². The number of benzene rings is 2. The van der Waals surface area contributed by atoms with Gasteiger partial charge in [0.25, 0.3) is 0 Å². The number of likely N-dealkylation sites (tertiary alicyclic amines) is 1. The van der Waals surface area contributed by atoms with Gasteiger partial charge in [0.05, 0.1) is 40.1 Å². The van der Waals surface area contributed by atoms with Crippen LogP contribution in [0.2, 0.25) is 0 Å². The first-order valence-electron chi connectivity index (χ1n) is 18.1. The summed E-state index contributed by atoms with van der Waals surface area (Å²) in [5.41, 5.74) is 3.71. The quantitative estimate of drug-likeness (QED) is 0.0720. The zero-order valence-electron chi connectivity index (χ0n) is 29.8. The fraction of sp³-hybridized carbons (Fsp3) is 0.325. The van der Waals surface area contributed by atoms with Crippen LogP contribution in [0, 0.1) is 11.8 Å². The smallest absolute Gasteiger partial charge is 0.329 e. The van der Waals surface area contributed by atoms with Gasteiger partial charge < -0.3 is 14.9 Å². The van der Waals surface area contributed by atoms with Crippen molar-refractivity contribution in [3.05, 3.63) is 112 Å². The second-order valence-corrected chi connectivity index (χ2v) is 14.0. The van der Waals surface area contributed by atoms with E-state index in [-0.39, 0.29) is 42.0 Å². The molecule has 1 unspecified atom stereocenters. The van der Waals surface area contributed by atoms with E-state index < -0.39 is 11.9 Å². The van der Waals surface area contributed by atoms with Gasteiger partial charge in [-0.15, -0.1) is 5.10 Å². The molecule has 3 aliphatic heterocycles. The Morgan fingerprint density at radius 3 is 2.69 bits per heavy atom. The zero-order chi connectivity index (χ0) is 37.3. The Balaban J connectivity index is 0.846. The molecule has 2 amide bonds. The number of carbonyl (C=O) groups excluding carboxylic acids is 3. The number of aryl methyl sites for hydroxylation is 2. The number of aromatic nitrogens is 6. The van der Waals surface area contributed by atoms with Gasteiger partial charge in [0.1, 0.15) is 17.6 Å². The fourth-order valence-corrected chi connectivity index (χ4v) is 7.79. The van der Waals surface area contributed by atoms with Crippen LogP contribution in [0.25, 0.3) is 11.0 Å². The molecule has 0 aliphatic carbocycles. The predicted molar refractivity (Wildman–Crippen MR) is 200 cm³/mol. The van der Waals surface area contributed by atoms with E-state index in [2.05, 4.69) is 37.3 Å². The molecule has 54 heavy (non-hydrogen) atoms. The summed E-state index contributed by atoms with van der Waals surface area (Å²) < 4.78 is 4.78. The molecule has 3 aliphatic rings. The molecule has 2 bridgehead atoms. The summed E-state index contributed by atoms with van der Waals surface area (Å²) in [6.07, 6.45) is 8.89. The molecule has 0 radical (unpaired) electrons. The maximum Gasteiger partial charge on any atom is 0.329 e. The minimum absolute atomic E-state index is 0.0131. The number of imide groups is 1. The Morgan fingerprint density at radius 2 is 1.87 bits per heavy atom. The maximum atomic E-state index is 13.2. The molecular formula is C40H39N9O5. The Bertz CT molecular complexity index is 2430. The largest absolute Gasteiger partial charge is 0.507 e. The summed E-state index contributed by atoms with van der Waals surface area (Å²) in [6, 6.07) is 18.0. The molecule has 5 aromatic rings. The van der Waals surface area contributed by atoms with Gasteiger partial charge in [-0.25, -0.2) is 14.5 Å². The van der Waals surface area contributed by atoms with Crippen LogP contribution in [0.3, 0.4) is 0 Å². The first-order valence-corrected chi connectivity index (χ1v) is 18.1. The number of rotatable bonds is 10. The average molecular weight is 726 g/mol. The highest BCUT2D eigenvalue weighted by Crippen LogP contribution is 2.34. The third-order valence-electron chi connectivity index (χ3n) is 10.4. The van der Waals surface area contributed by atoms with Gasteiger partial charge in [0.15, 0.2) is 5.78 Å². The van der Waals surface area contributed by atoms with Gasteiger partial charge >= 0.3 is 5.69 Å². The molecule has 2 aromatic carbocycles. The number of phenols is 1. The number of anilines is 1. The number of amides is 2. The first-order chi connectivity index (χ1) is 26.2. The maximum absolute atomic E-state index is 13.2. The minimum atomic E-state index is -0.742. The minimum Gasteiger partial charge on any atom is -0.507 e. The number of carbonyl (C=O) groups is 3. The highest BCUT2D eigenvalue weighted by atomic mass is 16.3. The SMILES string of the molecule is Cn1c(=O)n(C2CCC(=O)NC2=O)c2cccc(C#CCCCc3cn(Cc4cccc(N5C[C@H]6C[C@@H]5CN6/C=C/C(=O)c5ccccc5O)n4)nn3)c21. The summed E-state index contributed by atoms with van der Waals surface area (Å²) in [6.45, 7) is 2.10. The Hall–Kier alpha value is -6.49. The molecular weight excluding hydrogens is 686 g/mol. The molecule has 2 N–H and O–H groups in total. The number of unbranched alkanes of at least 4 members (excludes halogenated alkanes) is 1. The summed E-state index contributed by atoms with van der Waals surface area (Å²) in [5.74, 6) is 6.35. The van der Waals surface area contributed by atoms with Crippen molar-refractivity contribution in [3.8, 4) is 17.6 Å². The topological polar surface area (TPSA) is 160 Å². The second kappa shape index (κ2) is 14.5. The summed E-state index contributed by atoms with van der Waals surface area (Å²) >= 11 is 0. The van der Waals surface area contributed by atoms with E-state index in [0.717, 1.165) is 43.1 Å². The lowest BCUT2D eigenvalue weighted by Crippen LogP contribution is -2.44. The van der Waals surface area contributed by atoms with Crippen LogP contribution in [-0.2, 0) is 29.6 Å². The number of piperidine rings is 1. The number of imidazole rings is 1. The predicted octanol–water partition coefficient (Wildman–Crippen LogP) is 3.09. The molecule has 6 heterocycles. The van der Waals surface area contributed by atoms with Crippen LogP contribution in [0.4, 0.5) is 5.82 Å². The standard InChI is InChI=1S/C40H39N9O5/c1-45-38-26(10-7-14-32(38)49(40(45)54)33-17-18-37(52)42-39(33)53)9-3-2-4-11-28-23-47(44-43-28)22-27-12-8-16-36(41-27)48-25-29-21-30(48)24-46(29)20-19-35(51)31-13-5-6-15-34(31)50/h5-8,10,12-16,19-20,23,29-30,33,50H,2,4,11,17-18,21-22,24-25H2,1H3,(H,42,52,53)/b20-19+/t29-,30-,33?/m1/s1. The third kappa shape index (κ3) is 6.76. The van der Waals surface area contributed by atoms with E-state index in [9.17, 15) is 24.3 Å². The summed E-state index contributed by atoms with van der Waals surface area (Å²) in [7, 11) is 1.67. The van der Waals surface area contributed by atoms with Crippen molar-refractivity contribution in [1.29, 1.82) is 0 Å². The number of aromatic hydroxyl groups is 1. The number of hydrogen-bond acceptors (Lipinski definition) is 10. The van der Waals surface area contributed by atoms with Crippen molar-refractivity contribution in [2.45, 2.75) is 63.2 Å². The van der Waals surface area contributed by atoms with Crippen molar-refractivity contribution in [3.63, 3.8) is 0 Å². The normalized spacial score (nSPS) is 19.5. The van der Waals surface area contributed by atoms with E-state index >= 15 is 0 Å². The van der Waals surface area contributed by atoms with E-state index in [1.165, 1.54) is 15.2 Å². The van der Waals surface area contributed by atoms with Gasteiger partial charge in [0, 0.05) is 63.5 Å². The van der Waals surface area contributed by atoms with Gasteiger partial charge in [-0.1, -0.05) is 41.3 Å². The van der Waals surface area contributed by atoms with Gasteiger partial charge in [-0.3, -0.25) is 28.8 Å². The third-order valence-corrected chi connectivity index (χ3v) is 10.4. The van der Waals surface area contributed by atoms with Crippen LogP contribution in [0.1, 0.15) is 65.5 Å². The number of para-hydroxylation sites is 2. The lowest BCUT2D eigenvalue weighted by molar-refractivity contribution is -0.135. The molecule has 3 saturated heterocycles. The summed E-state index contributed by atoms with van der Waals surface area (Å²) in [4.78, 5) is 59.5. The molecule has 0 spiro atoms. The molecule has 3 aromatic heterocycles. The molecule has 14 heteroatoms. The van der Waals surface area contributed by atoms with E-state index in [0.29, 0.717) is 47.6 Å². The number of hydrogen-bond donors (Lipinski definition) is 2. The van der Waals surface area contributed by atoms with Crippen molar-refractivity contribution in [2.75, 3.05) is 18.0 Å². The lowest BCUT2D eigenvalue weighted by atomic mass is 10.1. The van der Waals surface area contributed by atoms with Crippen LogP contribution in [-0.4, -0.2) is 81.9 Å². The van der Waals surface area contributed by atoms with Gasteiger partial charge in [-0.05, 0) is 62.1 Å². The van der Waals surface area contributed by atoms with Crippen LogP contribution in [0.15, 0.2) is 83.9 Å². The van der Waals surface area contributed by atoms with Crippen molar-refractivity contribution in [1.82, 2.24) is 39.3 Å². The average Bonchev–Trinajstić information content (AvgIpc) is 3.95. The number of allylic oxidation sites excluding steroid dienone is 1. The number of piperazine rings is 1. The number of phenolic OH excluding ortho intramolecular Hbond substituents is 1. The lowest BCUT2D eigenvalue weighted by Gasteiger charge is -2.34. The molecule has 274 valence electrons. The van der Waals surface area contributed by atoms with Crippen LogP contribution in [0.5, 0.6) is 5.75 Å². The summed E-state index contributed by atoms with van der Waals surface area (Å²) in [5, 5.41) is 21.0. The number of nitrogens with zero attached hydrogens (tertiary/aromatic N) is 8. The number of ketones is 1. The van der Waals surface area contributed by atoms with Crippen molar-refractivity contribution >= 4 is 34.4 Å². The van der Waals surface area contributed by atoms with Crippen molar-refractivity contribution in [2.24, 2.45) is 7.05 Å². The highest BCUT2D eigenvalue weighted by molar-refractivity contribution is 6.06. The van der Waals surface area contributed by atoms with Crippen LogP contribution >= 0.6 is 0 Å². The van der Waals surface area contributed by atoms with E-state index in [1.807, 2.05) is 42.7 Å². The Kier molecular flexibility index (Phi) is 9.29. The Labute approximate surface area is 310 Å². The monoisotopic (exact) mass is 725 g/mol. The Morgan fingerprint density at radius 1 is 1.02 bits per heavy atom. The van der Waals surface area contributed by atoms with Gasteiger partial charge in [-0.2, -0.15) is 0 Å². The number of pyridine rings is 1. The molecule has 3 atom stereocenters. The second-order valence-electron chi connectivity index (χ2n) is 14.0. The molecule has 0 saturated carbocycles. The fourth-order valence-electron chi connectivity index (χ4n) is 7.79. The molecule has 8 rings (SSSR count). The van der Waals surface area contributed by atoms with Gasteiger partial charge in [0.2, 0.25) is 11.8 Å². The number of fused-ring (bicyclic) bond motifs is 3. The van der Waals surface area contributed by atoms with E-state index in [4.69, 9.17) is 4.98 Å². The zero-order valence-corrected chi connectivity index (χ0v) is 29.8. The highest BCUT2D eigenvalue weighted by Gasteiger charge is 2.42. The van der Waals surface area contributed by atoms with Crippen molar-refractivity contribution < 1.29 is 19.5 Å². The van der Waals surface area contributed by atoms with E-state index in [1.54, 1.807) is 42.1 Å². The first kappa shape index (κ1) is 34.6. The molecule has 14 nitrogen and oxygen atoms in total.